The van der Waals surface area contributed by atoms with Crippen molar-refractivity contribution in [2.45, 2.75) is 0 Å². The molecule has 5 aromatic heterocycles. The third-order valence-corrected chi connectivity index (χ3v) is 7.55. The fourth-order valence-electron chi connectivity index (χ4n) is 4.04. The third kappa shape index (κ3) is 4.14. The molecule has 0 saturated carbocycles. The summed E-state index contributed by atoms with van der Waals surface area (Å²) in [4.78, 5) is 20.1. The highest BCUT2D eigenvalue weighted by Crippen LogP contribution is 2.34. The van der Waals surface area contributed by atoms with Crippen LogP contribution in [0.1, 0.15) is 0 Å². The van der Waals surface area contributed by atoms with E-state index in [2.05, 4.69) is 25.4 Å². The summed E-state index contributed by atoms with van der Waals surface area (Å²) < 4.78 is 39.8. The van der Waals surface area contributed by atoms with Gasteiger partial charge in [-0.15, -0.1) is 4.09 Å². The minimum atomic E-state index is -3.97. The molecule has 1 fully saturated rings. The summed E-state index contributed by atoms with van der Waals surface area (Å²) in [6, 6.07) is 10.6. The molecule has 5 aromatic rings. The molecule has 37 heavy (non-hydrogen) atoms. The molecule has 0 aromatic carbocycles. The topological polar surface area (TPSA) is 144 Å². The molecule has 1 N–H and O–H groups in total. The maximum Gasteiger partial charge on any atom is 0.324 e. The summed E-state index contributed by atoms with van der Waals surface area (Å²) in [6.45, 7) is 2.33. The first-order chi connectivity index (χ1) is 17.9. The third-order valence-electron chi connectivity index (χ3n) is 5.91. The van der Waals surface area contributed by atoms with Crippen molar-refractivity contribution in [1.29, 1.82) is 0 Å². The van der Waals surface area contributed by atoms with E-state index >= 15 is 0 Å². The van der Waals surface area contributed by atoms with Gasteiger partial charge in [0, 0.05) is 45.6 Å². The smallest absolute Gasteiger partial charge is 0.324 e. The number of fused-ring (bicyclic) bond motifs is 3. The van der Waals surface area contributed by atoms with Crippen LogP contribution in [0.25, 0.3) is 33.6 Å². The van der Waals surface area contributed by atoms with E-state index < -0.39 is 10.2 Å². The van der Waals surface area contributed by atoms with Crippen molar-refractivity contribution in [2.75, 3.05) is 50.6 Å². The van der Waals surface area contributed by atoms with E-state index in [1.165, 1.54) is 14.1 Å². The van der Waals surface area contributed by atoms with E-state index in [1.54, 1.807) is 42.7 Å². The van der Waals surface area contributed by atoms with E-state index in [4.69, 9.17) is 14.1 Å². The molecule has 0 amide bonds. The zero-order chi connectivity index (χ0) is 25.6. The van der Waals surface area contributed by atoms with Crippen LogP contribution in [0.3, 0.4) is 0 Å². The monoisotopic (exact) mass is 521 g/mol. The van der Waals surface area contributed by atoms with E-state index in [0.717, 1.165) is 13.8 Å². The van der Waals surface area contributed by atoms with Gasteiger partial charge in [-0.2, -0.15) is 22.8 Å². The maximum absolute atomic E-state index is 13.1. The van der Waals surface area contributed by atoms with E-state index in [1.807, 2.05) is 11.0 Å². The SMILES string of the molecule is CN(C)S(=O)(=O)n1nc(-c2ccccn2)cc1Nc1nc(N2CCOCC2)c2oc3ncccc3c2n1. The Hall–Kier alpha value is -4.14. The number of nitrogens with one attached hydrogen (secondary N) is 1. The second-order valence-electron chi connectivity index (χ2n) is 8.49. The molecule has 0 bridgehead atoms. The number of morpholine rings is 1. The fourth-order valence-corrected chi connectivity index (χ4v) is 4.89. The summed E-state index contributed by atoms with van der Waals surface area (Å²) >= 11 is 0. The van der Waals surface area contributed by atoms with E-state index in [-0.39, 0.29) is 11.8 Å². The molecule has 0 unspecified atom stereocenters. The molecular formula is C23H23N9O4S. The van der Waals surface area contributed by atoms with Crippen molar-refractivity contribution < 1.29 is 17.6 Å². The minimum absolute atomic E-state index is 0.160. The number of ether oxygens (including phenoxy) is 1. The zero-order valence-electron chi connectivity index (χ0n) is 20.1. The fraction of sp³-hybridized carbons (Fsp3) is 0.261. The molecule has 1 saturated heterocycles. The normalized spacial score (nSPS) is 14.6. The second kappa shape index (κ2) is 9.06. The Morgan fingerprint density at radius 1 is 1.00 bits per heavy atom. The van der Waals surface area contributed by atoms with Crippen LogP contribution in [-0.2, 0) is 14.9 Å². The first kappa shape index (κ1) is 23.3. The van der Waals surface area contributed by atoms with Crippen LogP contribution in [0.4, 0.5) is 17.6 Å². The van der Waals surface area contributed by atoms with Crippen LogP contribution in [0.5, 0.6) is 0 Å². The van der Waals surface area contributed by atoms with Gasteiger partial charge in [0.15, 0.2) is 11.4 Å². The summed E-state index contributed by atoms with van der Waals surface area (Å²) in [6.07, 6.45) is 3.27. The maximum atomic E-state index is 13.1. The van der Waals surface area contributed by atoms with Gasteiger partial charge in [-0.05, 0) is 24.3 Å². The predicted octanol–water partition coefficient (Wildman–Crippen LogP) is 2.26. The van der Waals surface area contributed by atoms with Crippen molar-refractivity contribution in [2.24, 2.45) is 0 Å². The van der Waals surface area contributed by atoms with Gasteiger partial charge in [-0.1, -0.05) is 6.07 Å². The van der Waals surface area contributed by atoms with Crippen molar-refractivity contribution in [3.8, 4) is 11.4 Å². The van der Waals surface area contributed by atoms with E-state index in [9.17, 15) is 8.42 Å². The average molecular weight is 522 g/mol. The van der Waals surface area contributed by atoms with Crippen molar-refractivity contribution in [1.82, 2.24) is 33.4 Å². The highest BCUT2D eigenvalue weighted by Gasteiger charge is 2.26. The molecule has 0 aliphatic carbocycles. The first-order valence-electron chi connectivity index (χ1n) is 11.5. The van der Waals surface area contributed by atoms with Crippen LogP contribution >= 0.6 is 0 Å². The average Bonchev–Trinajstić information content (AvgIpc) is 3.51. The Morgan fingerprint density at radius 2 is 1.81 bits per heavy atom. The van der Waals surface area contributed by atoms with Crippen molar-refractivity contribution in [3.05, 3.63) is 48.8 Å². The molecule has 1 aliphatic rings. The van der Waals surface area contributed by atoms with Gasteiger partial charge < -0.3 is 19.4 Å². The van der Waals surface area contributed by atoms with Crippen LogP contribution in [0.2, 0.25) is 0 Å². The number of rotatable bonds is 6. The Morgan fingerprint density at radius 3 is 2.57 bits per heavy atom. The number of anilines is 3. The predicted molar refractivity (Wildman–Crippen MR) is 137 cm³/mol. The summed E-state index contributed by atoms with van der Waals surface area (Å²) in [5, 5.41) is 8.13. The minimum Gasteiger partial charge on any atom is -0.432 e. The molecule has 0 spiro atoms. The lowest BCUT2D eigenvalue weighted by molar-refractivity contribution is 0.122. The Balaban J connectivity index is 1.51. The lowest BCUT2D eigenvalue weighted by Gasteiger charge is -2.27. The number of hydrogen-bond acceptors (Lipinski definition) is 11. The van der Waals surface area contributed by atoms with Crippen LogP contribution in [-0.4, -0.2) is 82.2 Å². The second-order valence-corrected chi connectivity index (χ2v) is 10.5. The largest absolute Gasteiger partial charge is 0.432 e. The van der Waals surface area contributed by atoms with Crippen LogP contribution in [0.15, 0.2) is 53.2 Å². The Bertz CT molecular complexity index is 1690. The number of hydrogen-bond donors (Lipinski definition) is 1. The van der Waals surface area contributed by atoms with Gasteiger partial charge in [0.2, 0.25) is 11.7 Å². The van der Waals surface area contributed by atoms with E-state index in [0.29, 0.717) is 60.3 Å². The zero-order valence-corrected chi connectivity index (χ0v) is 20.9. The molecular weight excluding hydrogens is 498 g/mol. The summed E-state index contributed by atoms with van der Waals surface area (Å²) in [5.74, 6) is 0.913. The van der Waals surface area contributed by atoms with Crippen LogP contribution < -0.4 is 10.2 Å². The molecule has 6 heterocycles. The van der Waals surface area contributed by atoms with Gasteiger partial charge in [-0.3, -0.25) is 4.98 Å². The lowest BCUT2D eigenvalue weighted by atomic mass is 10.3. The number of aromatic nitrogens is 6. The van der Waals surface area contributed by atoms with Gasteiger partial charge >= 0.3 is 10.2 Å². The van der Waals surface area contributed by atoms with Crippen molar-refractivity contribution >= 4 is 50.0 Å². The standard InChI is InChI=1S/C23H23N9O4S/c1-30(2)37(33,34)32-18(14-17(29-32)16-7-3-4-8-24-16)26-23-27-19-15-6-5-9-25-22(15)36-20(19)21(28-23)31-10-12-35-13-11-31/h3-9,14H,10-13H2,1-2H3,(H,26,27,28). The van der Waals surface area contributed by atoms with Crippen molar-refractivity contribution in [3.63, 3.8) is 0 Å². The number of pyridine rings is 2. The number of nitrogens with zero attached hydrogens (tertiary/aromatic N) is 8. The quantitative estimate of drug-likeness (QED) is 0.351. The summed E-state index contributed by atoms with van der Waals surface area (Å²) in [5.41, 5.74) is 2.41. The molecule has 13 nitrogen and oxygen atoms in total. The lowest BCUT2D eigenvalue weighted by Crippen LogP contribution is -2.37. The van der Waals surface area contributed by atoms with Gasteiger partial charge in [0.1, 0.15) is 17.0 Å². The Kier molecular flexibility index (Phi) is 5.70. The highest BCUT2D eigenvalue weighted by atomic mass is 32.2. The molecule has 6 rings (SSSR count). The van der Waals surface area contributed by atoms with Gasteiger partial charge in [0.25, 0.3) is 0 Å². The van der Waals surface area contributed by atoms with Gasteiger partial charge in [0.05, 0.1) is 24.3 Å². The molecule has 14 heteroatoms. The first-order valence-corrected chi connectivity index (χ1v) is 12.9. The number of furan rings is 1. The van der Waals surface area contributed by atoms with Gasteiger partial charge in [-0.25, -0.2) is 9.97 Å². The van der Waals surface area contributed by atoms with Crippen LogP contribution in [0, 0.1) is 0 Å². The molecule has 0 atom stereocenters. The molecule has 1 aliphatic heterocycles. The highest BCUT2D eigenvalue weighted by molar-refractivity contribution is 7.87. The Labute approximate surface area is 211 Å². The molecule has 0 radical (unpaired) electrons. The summed E-state index contributed by atoms with van der Waals surface area (Å²) in [7, 11) is -1.10. The molecule has 190 valence electrons.